The predicted octanol–water partition coefficient (Wildman–Crippen LogP) is 3.73. The number of fused-ring (bicyclic) bond motifs is 1. The van der Waals surface area contributed by atoms with E-state index in [-0.39, 0.29) is 18.0 Å². The number of carbonyl (C=O) groups is 1. The van der Waals surface area contributed by atoms with Crippen molar-refractivity contribution in [3.63, 3.8) is 0 Å². The number of carboxylic acids is 1. The monoisotopic (exact) mass is 316 g/mol. The lowest BCUT2D eigenvalue weighted by atomic mass is 10.1. The highest BCUT2D eigenvalue weighted by Gasteiger charge is 2.12. The molecule has 2 aromatic carbocycles. The standard InChI is InChI=1S/C12H9BrO3.ClH/c1-16-11-6-7-2-3-9(13)4-8(7)5-10(11)12(14)15;/h2-6H,1H3,(H,14,15);1H. The van der Waals surface area contributed by atoms with E-state index in [9.17, 15) is 4.79 Å². The normalized spacial score (nSPS) is 9.76. The number of benzene rings is 2. The van der Waals surface area contributed by atoms with E-state index in [1.54, 1.807) is 12.1 Å². The van der Waals surface area contributed by atoms with Crippen LogP contribution in [-0.2, 0) is 0 Å². The predicted molar refractivity (Wildman–Crippen MR) is 72.4 cm³/mol. The lowest BCUT2D eigenvalue weighted by molar-refractivity contribution is 0.0693. The minimum absolute atomic E-state index is 0. The van der Waals surface area contributed by atoms with Gasteiger partial charge in [-0.15, -0.1) is 12.4 Å². The van der Waals surface area contributed by atoms with Crippen molar-refractivity contribution in [2.75, 3.05) is 7.11 Å². The van der Waals surface area contributed by atoms with E-state index < -0.39 is 5.97 Å². The summed E-state index contributed by atoms with van der Waals surface area (Å²) in [4.78, 5) is 11.0. The molecule has 0 atom stereocenters. The van der Waals surface area contributed by atoms with Gasteiger partial charge in [0.1, 0.15) is 11.3 Å². The van der Waals surface area contributed by atoms with Crippen molar-refractivity contribution < 1.29 is 14.6 Å². The van der Waals surface area contributed by atoms with Gasteiger partial charge in [0.15, 0.2) is 0 Å². The smallest absolute Gasteiger partial charge is 0.339 e. The van der Waals surface area contributed by atoms with E-state index in [4.69, 9.17) is 9.84 Å². The Kier molecular flexibility index (Phi) is 4.37. The van der Waals surface area contributed by atoms with Gasteiger partial charge in [-0.25, -0.2) is 4.79 Å². The molecule has 0 saturated heterocycles. The van der Waals surface area contributed by atoms with Crippen LogP contribution < -0.4 is 4.74 Å². The third-order valence-electron chi connectivity index (χ3n) is 2.35. The van der Waals surface area contributed by atoms with Crippen molar-refractivity contribution in [2.24, 2.45) is 0 Å². The van der Waals surface area contributed by atoms with E-state index in [0.29, 0.717) is 5.75 Å². The van der Waals surface area contributed by atoms with Gasteiger partial charge in [0.2, 0.25) is 0 Å². The van der Waals surface area contributed by atoms with Crippen LogP contribution in [0, 0.1) is 0 Å². The van der Waals surface area contributed by atoms with Crippen LogP contribution in [0.1, 0.15) is 10.4 Å². The fourth-order valence-electron chi connectivity index (χ4n) is 1.58. The molecule has 0 unspecified atom stereocenters. The quantitative estimate of drug-likeness (QED) is 0.918. The van der Waals surface area contributed by atoms with Crippen LogP contribution in [0.4, 0.5) is 0 Å². The van der Waals surface area contributed by atoms with Crippen molar-refractivity contribution in [1.29, 1.82) is 0 Å². The molecule has 2 aromatic rings. The Morgan fingerprint density at radius 2 is 1.94 bits per heavy atom. The molecule has 3 nitrogen and oxygen atoms in total. The first-order valence-electron chi connectivity index (χ1n) is 4.62. The van der Waals surface area contributed by atoms with Gasteiger partial charge < -0.3 is 9.84 Å². The molecular formula is C12H10BrClO3. The summed E-state index contributed by atoms with van der Waals surface area (Å²) in [5, 5.41) is 10.9. The van der Waals surface area contributed by atoms with Gasteiger partial charge in [-0.2, -0.15) is 0 Å². The van der Waals surface area contributed by atoms with Crippen LogP contribution in [0.15, 0.2) is 34.8 Å². The van der Waals surface area contributed by atoms with Crippen LogP contribution in [0.2, 0.25) is 0 Å². The molecule has 17 heavy (non-hydrogen) atoms. The highest BCUT2D eigenvalue weighted by Crippen LogP contribution is 2.27. The van der Waals surface area contributed by atoms with Crippen molar-refractivity contribution in [3.8, 4) is 5.75 Å². The van der Waals surface area contributed by atoms with Gasteiger partial charge in [-0.3, -0.25) is 0 Å². The molecule has 0 aliphatic rings. The largest absolute Gasteiger partial charge is 0.496 e. The number of hydrogen-bond acceptors (Lipinski definition) is 2. The maximum atomic E-state index is 11.0. The average molecular weight is 318 g/mol. The summed E-state index contributed by atoms with van der Waals surface area (Å²) in [5.74, 6) is -0.610. The Morgan fingerprint density at radius 1 is 1.24 bits per heavy atom. The summed E-state index contributed by atoms with van der Waals surface area (Å²) in [7, 11) is 1.46. The van der Waals surface area contributed by atoms with Gasteiger partial charge in [0, 0.05) is 4.47 Å². The van der Waals surface area contributed by atoms with E-state index in [1.165, 1.54) is 7.11 Å². The summed E-state index contributed by atoms with van der Waals surface area (Å²) < 4.78 is 5.97. The molecule has 2 rings (SSSR count). The zero-order chi connectivity index (χ0) is 11.7. The molecule has 0 aromatic heterocycles. The molecule has 0 radical (unpaired) electrons. The Morgan fingerprint density at radius 3 is 2.53 bits per heavy atom. The maximum Gasteiger partial charge on any atom is 0.339 e. The zero-order valence-corrected chi connectivity index (χ0v) is 11.3. The average Bonchev–Trinajstić information content (AvgIpc) is 2.27. The van der Waals surface area contributed by atoms with Crippen LogP contribution in [0.25, 0.3) is 10.8 Å². The third kappa shape index (κ3) is 2.70. The van der Waals surface area contributed by atoms with E-state index in [1.807, 2.05) is 18.2 Å². The molecule has 0 amide bonds. The molecule has 0 spiro atoms. The van der Waals surface area contributed by atoms with Crippen LogP contribution >= 0.6 is 28.3 Å². The van der Waals surface area contributed by atoms with Crippen molar-refractivity contribution in [3.05, 3.63) is 40.4 Å². The first-order chi connectivity index (χ1) is 7.61. The van der Waals surface area contributed by atoms with Crippen molar-refractivity contribution >= 4 is 45.1 Å². The Hall–Kier alpha value is -1.26. The van der Waals surface area contributed by atoms with Crippen LogP contribution in [0.5, 0.6) is 5.75 Å². The second-order valence-corrected chi connectivity index (χ2v) is 4.26. The number of ether oxygens (including phenoxy) is 1. The molecule has 0 saturated carbocycles. The SMILES string of the molecule is COc1cc2ccc(Br)cc2cc1C(=O)O.Cl. The minimum atomic E-state index is -0.987. The number of halogens is 2. The topological polar surface area (TPSA) is 46.5 Å². The van der Waals surface area contributed by atoms with Crippen molar-refractivity contribution in [2.45, 2.75) is 0 Å². The van der Waals surface area contributed by atoms with Crippen LogP contribution in [0.3, 0.4) is 0 Å². The van der Waals surface area contributed by atoms with Gasteiger partial charge in [-0.05, 0) is 35.0 Å². The van der Waals surface area contributed by atoms with Gasteiger partial charge in [0.25, 0.3) is 0 Å². The maximum absolute atomic E-state index is 11.0. The number of methoxy groups -OCH3 is 1. The molecule has 5 heteroatoms. The Balaban J connectivity index is 0.00000144. The summed E-state index contributed by atoms with van der Waals surface area (Å²) in [6.45, 7) is 0. The fourth-order valence-corrected chi connectivity index (χ4v) is 1.96. The first kappa shape index (κ1) is 13.8. The lowest BCUT2D eigenvalue weighted by Gasteiger charge is -2.07. The Labute approximate surface area is 113 Å². The minimum Gasteiger partial charge on any atom is -0.496 e. The molecule has 0 aliphatic carbocycles. The number of aromatic carboxylic acids is 1. The van der Waals surface area contributed by atoms with Gasteiger partial charge >= 0.3 is 5.97 Å². The van der Waals surface area contributed by atoms with E-state index >= 15 is 0 Å². The number of hydrogen-bond donors (Lipinski definition) is 1. The molecule has 90 valence electrons. The van der Waals surface area contributed by atoms with Gasteiger partial charge in [0.05, 0.1) is 7.11 Å². The molecule has 0 aliphatic heterocycles. The third-order valence-corrected chi connectivity index (χ3v) is 2.84. The highest BCUT2D eigenvalue weighted by atomic mass is 79.9. The summed E-state index contributed by atoms with van der Waals surface area (Å²) in [5.41, 5.74) is 0.174. The summed E-state index contributed by atoms with van der Waals surface area (Å²) in [6.07, 6.45) is 0. The summed E-state index contributed by atoms with van der Waals surface area (Å²) >= 11 is 3.35. The Bertz CT molecular complexity index is 569. The molecule has 0 heterocycles. The van der Waals surface area contributed by atoms with E-state index in [2.05, 4.69) is 15.9 Å². The molecule has 0 bridgehead atoms. The lowest BCUT2D eigenvalue weighted by Crippen LogP contribution is -2.00. The van der Waals surface area contributed by atoms with Gasteiger partial charge in [-0.1, -0.05) is 22.0 Å². The molecular weight excluding hydrogens is 307 g/mol. The van der Waals surface area contributed by atoms with E-state index in [0.717, 1.165) is 15.2 Å². The number of rotatable bonds is 2. The second kappa shape index (κ2) is 5.38. The first-order valence-corrected chi connectivity index (χ1v) is 5.41. The number of carboxylic acid groups (broad SMARTS) is 1. The summed E-state index contributed by atoms with van der Waals surface area (Å²) in [6, 6.07) is 9.03. The zero-order valence-electron chi connectivity index (χ0n) is 8.94. The second-order valence-electron chi connectivity index (χ2n) is 3.35. The molecule has 1 N–H and O–H groups in total. The molecule has 0 fully saturated rings. The highest BCUT2D eigenvalue weighted by molar-refractivity contribution is 9.10. The van der Waals surface area contributed by atoms with Crippen molar-refractivity contribution in [1.82, 2.24) is 0 Å². The fraction of sp³-hybridized carbons (Fsp3) is 0.0833. The van der Waals surface area contributed by atoms with Crippen LogP contribution in [-0.4, -0.2) is 18.2 Å².